The molecule has 69 heavy (non-hydrogen) atoms. The molecule has 4 N–H and O–H groups in total. The third-order valence-electron chi connectivity index (χ3n) is 11.0. The van der Waals surface area contributed by atoms with Gasteiger partial charge in [0.1, 0.15) is 0 Å². The van der Waals surface area contributed by atoms with Gasteiger partial charge in [-0.25, -0.2) is 8.42 Å². The first-order valence-electron chi connectivity index (χ1n) is 22.1. The highest BCUT2D eigenvalue weighted by Crippen LogP contribution is 2.38. The summed E-state index contributed by atoms with van der Waals surface area (Å²) >= 11 is 0. The molecule has 2 aromatic heterocycles. The molecule has 0 radical (unpaired) electrons. The zero-order chi connectivity index (χ0) is 49.5. The molecule has 0 saturated heterocycles. The number of aromatic nitrogens is 8. The summed E-state index contributed by atoms with van der Waals surface area (Å²) in [4.78, 5) is 26.6. The molecule has 2 heterocycles. The molecule has 0 bridgehead atoms. The van der Waals surface area contributed by atoms with E-state index in [9.17, 15) is 22.2 Å². The van der Waals surface area contributed by atoms with E-state index in [-0.39, 0.29) is 35.2 Å². The van der Waals surface area contributed by atoms with Gasteiger partial charge >= 0.3 is 0 Å². The maximum atomic E-state index is 13.4. The van der Waals surface area contributed by atoms with Crippen molar-refractivity contribution in [3.63, 3.8) is 0 Å². The smallest absolute Gasteiger partial charge is 0.228 e. The van der Waals surface area contributed by atoms with Crippen LogP contribution >= 0.6 is 0 Å². The average molecular weight is 963 g/mol. The molecule has 0 fully saturated rings. The predicted octanol–water partition coefficient (Wildman–Crippen LogP) is 9.52. The molecule has 0 aliphatic rings. The first-order chi connectivity index (χ1) is 32.8. The van der Waals surface area contributed by atoms with Crippen molar-refractivity contribution in [1.82, 2.24) is 41.2 Å². The Labute approximate surface area is 404 Å². The lowest BCUT2D eigenvalue weighted by atomic mass is 9.99. The highest BCUT2D eigenvalue weighted by atomic mass is 32.2. The average Bonchev–Trinajstić information content (AvgIpc) is 4.06. The number of nitrogens with one attached hydrogen (secondary N) is 4. The Morgan fingerprint density at radius 1 is 0.565 bits per heavy atom. The van der Waals surface area contributed by atoms with Crippen LogP contribution in [0.5, 0.6) is 0 Å². The molecule has 0 aliphatic carbocycles. The molecule has 8 rings (SSSR count). The Hall–Kier alpha value is -7.50. The van der Waals surface area contributed by atoms with Gasteiger partial charge in [0.15, 0.2) is 9.84 Å². The second-order valence-corrected chi connectivity index (χ2v) is 23.3. The van der Waals surface area contributed by atoms with Crippen molar-refractivity contribution in [3.05, 3.63) is 156 Å². The first kappa shape index (κ1) is 49.4. The summed E-state index contributed by atoms with van der Waals surface area (Å²) in [6.45, 7) is 14.7. The van der Waals surface area contributed by atoms with Crippen LogP contribution in [0.2, 0.25) is 0 Å². The third-order valence-corrected chi connectivity index (χ3v) is 15.4. The normalized spacial score (nSPS) is 12.1. The van der Waals surface area contributed by atoms with Crippen LogP contribution in [0.1, 0.15) is 63.8 Å². The van der Waals surface area contributed by atoms with Gasteiger partial charge in [0.2, 0.25) is 23.5 Å². The molecule has 0 spiro atoms. The molecule has 1 unspecified atom stereocenters. The van der Waals surface area contributed by atoms with Gasteiger partial charge in [-0.1, -0.05) is 120 Å². The summed E-state index contributed by atoms with van der Waals surface area (Å²) in [5, 5.41) is 34.5. The van der Waals surface area contributed by atoms with Crippen LogP contribution < -0.4 is 10.6 Å². The SMILES string of the molecule is Cc1ccc(CC(=O)Nc2cc(-c3ccccc3-c3nn[nH]n3)ccc2S(=O)(=O)C(C)(C)C)cc1.Cc1ccc(CC(=O)Nc2cc(-c3ccccc3-c3nn[nH]n3)ccc2S(=O)C(C)(C)C)cc1. The van der Waals surface area contributed by atoms with Crippen LogP contribution in [0.4, 0.5) is 11.4 Å². The van der Waals surface area contributed by atoms with E-state index in [2.05, 4.69) is 51.9 Å². The number of rotatable bonds is 12. The number of carbonyl (C=O) groups is 2. The third kappa shape index (κ3) is 12.0. The van der Waals surface area contributed by atoms with Crippen molar-refractivity contribution in [1.29, 1.82) is 0 Å². The molecule has 15 nitrogen and oxygen atoms in total. The van der Waals surface area contributed by atoms with Crippen molar-refractivity contribution in [2.75, 3.05) is 10.6 Å². The molecule has 6 aromatic carbocycles. The zero-order valence-electron chi connectivity index (χ0n) is 39.7. The summed E-state index contributed by atoms with van der Waals surface area (Å²) in [6, 6.07) is 41.2. The number of carbonyl (C=O) groups excluding carboxylic acids is 2. The van der Waals surface area contributed by atoms with Crippen molar-refractivity contribution >= 4 is 43.8 Å². The van der Waals surface area contributed by atoms with Gasteiger partial charge in [0.05, 0.1) is 49.6 Å². The number of hydrogen-bond donors (Lipinski definition) is 4. The molecule has 0 aliphatic heterocycles. The molecule has 354 valence electrons. The number of tetrazole rings is 2. The summed E-state index contributed by atoms with van der Waals surface area (Å²) in [5.41, 5.74) is 9.51. The van der Waals surface area contributed by atoms with Gasteiger partial charge < -0.3 is 10.6 Å². The number of sulfone groups is 1. The molecule has 0 saturated carbocycles. The van der Waals surface area contributed by atoms with Gasteiger partial charge in [0, 0.05) is 15.9 Å². The zero-order valence-corrected chi connectivity index (χ0v) is 41.3. The Balaban J connectivity index is 0.000000204. The highest BCUT2D eigenvalue weighted by Gasteiger charge is 2.34. The van der Waals surface area contributed by atoms with E-state index in [4.69, 9.17) is 0 Å². The molecule has 17 heteroatoms. The second kappa shape index (κ2) is 20.8. The summed E-state index contributed by atoms with van der Waals surface area (Å²) in [5.74, 6) is 0.419. The van der Waals surface area contributed by atoms with Gasteiger partial charge in [-0.3, -0.25) is 13.8 Å². The molecule has 1 atom stereocenters. The second-order valence-electron chi connectivity index (χ2n) is 18.4. The number of hydrogen-bond acceptors (Lipinski definition) is 11. The van der Waals surface area contributed by atoms with Gasteiger partial charge in [-0.05, 0) is 123 Å². The molecular weight excluding hydrogens is 909 g/mol. The number of anilines is 2. The Kier molecular flexibility index (Phi) is 14.9. The minimum atomic E-state index is -3.74. The lowest BCUT2D eigenvalue weighted by Crippen LogP contribution is -2.29. The van der Waals surface area contributed by atoms with Crippen LogP contribution in [0.15, 0.2) is 143 Å². The van der Waals surface area contributed by atoms with Gasteiger partial charge in [-0.15, -0.1) is 20.4 Å². The van der Waals surface area contributed by atoms with Crippen LogP contribution in [-0.4, -0.2) is 75.2 Å². The van der Waals surface area contributed by atoms with E-state index in [1.54, 1.807) is 39.0 Å². The lowest BCUT2D eigenvalue weighted by molar-refractivity contribution is -0.116. The van der Waals surface area contributed by atoms with Gasteiger partial charge in [-0.2, -0.15) is 10.4 Å². The van der Waals surface area contributed by atoms with E-state index in [0.717, 1.165) is 50.1 Å². The number of benzene rings is 6. The summed E-state index contributed by atoms with van der Waals surface area (Å²) in [7, 11) is -5.07. The fraction of sp³-hybridized carbons (Fsp3) is 0.231. The Morgan fingerprint density at radius 2 is 0.986 bits per heavy atom. The maximum absolute atomic E-state index is 13.4. The lowest BCUT2D eigenvalue weighted by Gasteiger charge is -2.22. The van der Waals surface area contributed by atoms with Crippen LogP contribution in [0, 0.1) is 13.8 Å². The Morgan fingerprint density at radius 3 is 1.41 bits per heavy atom. The van der Waals surface area contributed by atoms with E-state index in [1.165, 1.54) is 0 Å². The van der Waals surface area contributed by atoms with E-state index in [1.807, 2.05) is 150 Å². The minimum absolute atomic E-state index is 0.0723. The van der Waals surface area contributed by atoms with Crippen molar-refractivity contribution in [3.8, 4) is 45.0 Å². The number of amides is 2. The van der Waals surface area contributed by atoms with Crippen molar-refractivity contribution in [2.24, 2.45) is 0 Å². The van der Waals surface area contributed by atoms with E-state index >= 15 is 0 Å². The largest absolute Gasteiger partial charge is 0.325 e. The summed E-state index contributed by atoms with van der Waals surface area (Å²) in [6.07, 6.45) is 0.352. The molecule has 2 amide bonds. The van der Waals surface area contributed by atoms with Crippen LogP contribution in [-0.2, 0) is 43.1 Å². The monoisotopic (exact) mass is 962 g/mol. The number of H-pyrrole nitrogens is 2. The highest BCUT2D eigenvalue weighted by molar-refractivity contribution is 7.93. The standard InChI is InChI=1S/C26H27N5O3S.C26H27N5O2S/c1-17-9-11-18(12-10-17)15-24(32)27-22-16-19(13-14-23(22)35(33,34)26(2,3)4)20-7-5-6-8-21(20)25-28-30-31-29-25;1-17-9-11-18(12-10-17)15-24(32)27-22-16-19(13-14-23(22)34(33)26(2,3)4)20-7-5-6-8-21(20)25-28-30-31-29-25/h5-14,16H,15H2,1-4H3,(H,27,32)(H,28,29,30,31);5-14,16H,15H2,1-4H3,(H,27,32)(H,28,29,30,31). The van der Waals surface area contributed by atoms with E-state index in [0.29, 0.717) is 27.8 Å². The minimum Gasteiger partial charge on any atom is -0.325 e. The summed E-state index contributed by atoms with van der Waals surface area (Å²) < 4.78 is 38.5. The fourth-order valence-electron chi connectivity index (χ4n) is 7.23. The van der Waals surface area contributed by atoms with Gasteiger partial charge in [0.25, 0.3) is 0 Å². The van der Waals surface area contributed by atoms with Crippen LogP contribution in [0.25, 0.3) is 45.0 Å². The first-order valence-corrected chi connectivity index (χ1v) is 24.7. The molecular formula is C52H54N10O5S2. The number of aryl methyl sites for hydroxylation is 2. The number of aromatic amines is 2. The Bertz CT molecular complexity index is 3220. The fourth-order valence-corrected chi connectivity index (χ4v) is 9.70. The van der Waals surface area contributed by atoms with Crippen molar-refractivity contribution < 1.29 is 22.2 Å². The van der Waals surface area contributed by atoms with Crippen molar-refractivity contribution in [2.45, 2.75) is 87.5 Å². The predicted molar refractivity (Wildman–Crippen MR) is 270 cm³/mol. The topological polar surface area (TPSA) is 218 Å². The van der Waals surface area contributed by atoms with Crippen LogP contribution in [0.3, 0.4) is 0 Å². The number of nitrogens with zero attached hydrogens (tertiary/aromatic N) is 6. The quantitative estimate of drug-likeness (QED) is 0.0904. The maximum Gasteiger partial charge on any atom is 0.228 e. The van der Waals surface area contributed by atoms with E-state index < -0.39 is 30.1 Å². The molecule has 8 aromatic rings.